The van der Waals surface area contributed by atoms with Crippen LogP contribution in [0.4, 0.5) is 0 Å². The van der Waals surface area contributed by atoms with Crippen LogP contribution in [0, 0.1) is 6.92 Å². The molecule has 0 aliphatic rings. The zero-order valence-corrected chi connectivity index (χ0v) is 10.8. The van der Waals surface area contributed by atoms with Crippen LogP contribution < -0.4 is 0 Å². The lowest BCUT2D eigenvalue weighted by Crippen LogP contribution is -2.05. The third-order valence-electron chi connectivity index (χ3n) is 2.96. The summed E-state index contributed by atoms with van der Waals surface area (Å²) < 4.78 is 4.77. The Morgan fingerprint density at radius 1 is 1.16 bits per heavy atom. The Morgan fingerprint density at radius 2 is 1.84 bits per heavy atom. The van der Waals surface area contributed by atoms with Gasteiger partial charge in [0.2, 0.25) is 6.29 Å². The molecule has 0 N–H and O–H groups in total. The first kappa shape index (κ1) is 13.0. The molecule has 0 atom stereocenters. The summed E-state index contributed by atoms with van der Waals surface area (Å²) in [4.78, 5) is 22.7. The van der Waals surface area contributed by atoms with Gasteiger partial charge in [-0.3, -0.25) is 4.79 Å². The smallest absolute Gasteiger partial charge is 0.338 e. The molecule has 0 aliphatic carbocycles. The van der Waals surface area contributed by atoms with Crippen molar-refractivity contribution in [2.24, 2.45) is 0 Å². The number of hydrogen-bond donors (Lipinski definition) is 0. The average Bonchev–Trinajstić information content (AvgIpc) is 2.47. The molecule has 0 aromatic heterocycles. The van der Waals surface area contributed by atoms with E-state index in [4.69, 9.17) is 4.74 Å². The quantitative estimate of drug-likeness (QED) is 0.790. The van der Waals surface area contributed by atoms with E-state index >= 15 is 0 Å². The second-order valence-electron chi connectivity index (χ2n) is 4.17. The first-order valence-corrected chi connectivity index (χ1v) is 5.84. The Kier molecular flexibility index (Phi) is 3.76. The number of rotatable bonds is 3. The van der Waals surface area contributed by atoms with Gasteiger partial charge in [0.25, 0.3) is 0 Å². The van der Waals surface area contributed by atoms with Crippen LogP contribution in [0.2, 0.25) is 0 Å². The zero-order chi connectivity index (χ0) is 13.8. The minimum Gasteiger partial charge on any atom is -0.465 e. The zero-order valence-electron chi connectivity index (χ0n) is 10.8. The van der Waals surface area contributed by atoms with E-state index in [2.05, 4.69) is 0 Å². The summed E-state index contributed by atoms with van der Waals surface area (Å²) in [6, 6.07) is 12.8. The molecular weight excluding hydrogens is 240 g/mol. The highest BCUT2D eigenvalue weighted by atomic mass is 16.5. The standard InChI is InChI=1S/C16H13O3/c1-11-8-14(12-6-4-3-5-7-12)15(16(18)19-2)9-13(11)10-17/h3-9H,1-2H3. The van der Waals surface area contributed by atoms with Crippen molar-refractivity contribution in [3.8, 4) is 11.1 Å². The summed E-state index contributed by atoms with van der Waals surface area (Å²) in [6.07, 6.45) is 1.84. The van der Waals surface area contributed by atoms with Gasteiger partial charge in [0, 0.05) is 5.56 Å². The SMILES string of the molecule is COC(=O)c1cc([C]=O)c(C)cc1-c1ccccc1. The molecule has 2 rings (SSSR count). The van der Waals surface area contributed by atoms with E-state index in [9.17, 15) is 9.59 Å². The van der Waals surface area contributed by atoms with Crippen molar-refractivity contribution < 1.29 is 14.3 Å². The van der Waals surface area contributed by atoms with Crippen LogP contribution in [0.25, 0.3) is 11.1 Å². The summed E-state index contributed by atoms with van der Waals surface area (Å²) in [5.74, 6) is -0.463. The van der Waals surface area contributed by atoms with Crippen LogP contribution in [0.1, 0.15) is 21.5 Å². The van der Waals surface area contributed by atoms with Gasteiger partial charge >= 0.3 is 5.97 Å². The third kappa shape index (κ3) is 2.55. The Bertz CT molecular complexity index is 615. The fraction of sp³-hybridized carbons (Fsp3) is 0.125. The molecule has 0 amide bonds. The van der Waals surface area contributed by atoms with Gasteiger partial charge in [-0.2, -0.15) is 0 Å². The van der Waals surface area contributed by atoms with Gasteiger partial charge in [-0.15, -0.1) is 0 Å². The molecule has 0 spiro atoms. The van der Waals surface area contributed by atoms with Gasteiger partial charge in [-0.1, -0.05) is 30.3 Å². The molecule has 0 unspecified atom stereocenters. The van der Waals surface area contributed by atoms with Crippen molar-refractivity contribution in [1.29, 1.82) is 0 Å². The van der Waals surface area contributed by atoms with Crippen LogP contribution in [0.3, 0.4) is 0 Å². The number of esters is 1. The van der Waals surface area contributed by atoms with Crippen molar-refractivity contribution in [2.75, 3.05) is 7.11 Å². The number of methoxy groups -OCH3 is 1. The molecule has 0 fully saturated rings. The number of hydrogen-bond acceptors (Lipinski definition) is 3. The minimum absolute atomic E-state index is 0.373. The predicted octanol–water partition coefficient (Wildman–Crippen LogP) is 2.91. The van der Waals surface area contributed by atoms with E-state index in [0.717, 1.165) is 16.7 Å². The first-order valence-electron chi connectivity index (χ1n) is 5.84. The molecule has 2 aromatic rings. The largest absolute Gasteiger partial charge is 0.465 e. The second kappa shape index (κ2) is 5.48. The third-order valence-corrected chi connectivity index (χ3v) is 2.96. The van der Waals surface area contributed by atoms with Gasteiger partial charge < -0.3 is 4.74 Å². The summed E-state index contributed by atoms with van der Waals surface area (Å²) in [7, 11) is 1.32. The fourth-order valence-electron chi connectivity index (χ4n) is 1.95. The topological polar surface area (TPSA) is 43.4 Å². The van der Waals surface area contributed by atoms with E-state index in [1.807, 2.05) is 49.6 Å². The molecule has 3 heteroatoms. The Hall–Kier alpha value is -2.42. The molecule has 95 valence electrons. The van der Waals surface area contributed by atoms with Crippen molar-refractivity contribution >= 4 is 12.3 Å². The molecule has 3 nitrogen and oxygen atoms in total. The summed E-state index contributed by atoms with van der Waals surface area (Å²) in [5.41, 5.74) is 3.19. The molecule has 0 saturated heterocycles. The lowest BCUT2D eigenvalue weighted by Gasteiger charge is -2.11. The molecule has 1 radical (unpaired) electrons. The van der Waals surface area contributed by atoms with E-state index in [1.54, 1.807) is 0 Å². The Balaban J connectivity index is 2.68. The highest BCUT2D eigenvalue weighted by Crippen LogP contribution is 2.27. The first-order chi connectivity index (χ1) is 9.17. The van der Waals surface area contributed by atoms with Gasteiger partial charge in [0.15, 0.2) is 0 Å². The number of benzene rings is 2. The summed E-state index contributed by atoms with van der Waals surface area (Å²) >= 11 is 0. The van der Waals surface area contributed by atoms with E-state index in [0.29, 0.717) is 11.1 Å². The van der Waals surface area contributed by atoms with Crippen LogP contribution in [0.15, 0.2) is 42.5 Å². The number of carbonyl (C=O) groups is 1. The van der Waals surface area contributed by atoms with Crippen molar-refractivity contribution in [1.82, 2.24) is 0 Å². The van der Waals surface area contributed by atoms with Crippen molar-refractivity contribution in [3.63, 3.8) is 0 Å². The van der Waals surface area contributed by atoms with Gasteiger partial charge in [0.05, 0.1) is 12.7 Å². The molecule has 0 bridgehead atoms. The number of carbonyl (C=O) groups excluding carboxylic acids is 2. The predicted molar refractivity (Wildman–Crippen MR) is 72.8 cm³/mol. The van der Waals surface area contributed by atoms with Crippen LogP contribution in [-0.2, 0) is 9.53 Å². The molecule has 0 heterocycles. The second-order valence-corrected chi connectivity index (χ2v) is 4.17. The molecule has 2 aromatic carbocycles. The van der Waals surface area contributed by atoms with E-state index < -0.39 is 5.97 Å². The van der Waals surface area contributed by atoms with Crippen LogP contribution in [0.5, 0.6) is 0 Å². The maximum atomic E-state index is 11.8. The van der Waals surface area contributed by atoms with Gasteiger partial charge in [0.1, 0.15) is 0 Å². The number of ether oxygens (including phenoxy) is 1. The van der Waals surface area contributed by atoms with Crippen LogP contribution >= 0.6 is 0 Å². The molecule has 0 aliphatic heterocycles. The van der Waals surface area contributed by atoms with E-state index in [1.165, 1.54) is 13.2 Å². The maximum absolute atomic E-state index is 11.8. The lowest BCUT2D eigenvalue weighted by molar-refractivity contribution is 0.0601. The van der Waals surface area contributed by atoms with Gasteiger partial charge in [-0.05, 0) is 35.7 Å². The molecular formula is C16H13O3. The van der Waals surface area contributed by atoms with Crippen LogP contribution in [-0.4, -0.2) is 19.4 Å². The fourth-order valence-corrected chi connectivity index (χ4v) is 1.95. The molecule has 0 saturated carbocycles. The lowest BCUT2D eigenvalue weighted by atomic mass is 9.94. The highest BCUT2D eigenvalue weighted by Gasteiger charge is 2.16. The van der Waals surface area contributed by atoms with Gasteiger partial charge in [-0.25, -0.2) is 4.79 Å². The number of aryl methyl sites for hydroxylation is 1. The monoisotopic (exact) mass is 253 g/mol. The normalized spacial score (nSPS) is 10.0. The van der Waals surface area contributed by atoms with E-state index in [-0.39, 0.29) is 0 Å². The Morgan fingerprint density at radius 3 is 2.42 bits per heavy atom. The summed E-state index contributed by atoms with van der Waals surface area (Å²) in [5, 5.41) is 0. The minimum atomic E-state index is -0.463. The average molecular weight is 253 g/mol. The highest BCUT2D eigenvalue weighted by molar-refractivity contribution is 5.99. The molecule has 19 heavy (non-hydrogen) atoms. The summed E-state index contributed by atoms with van der Waals surface area (Å²) in [6.45, 7) is 1.81. The van der Waals surface area contributed by atoms with Crippen molar-refractivity contribution in [2.45, 2.75) is 6.92 Å². The van der Waals surface area contributed by atoms with Crippen molar-refractivity contribution in [3.05, 3.63) is 59.2 Å². The maximum Gasteiger partial charge on any atom is 0.338 e. The Labute approximate surface area is 111 Å².